The van der Waals surface area contributed by atoms with E-state index in [2.05, 4.69) is 24.6 Å². The largest absolute Gasteiger partial charge is 0.494 e. The van der Waals surface area contributed by atoms with E-state index in [0.29, 0.717) is 17.7 Å². The summed E-state index contributed by atoms with van der Waals surface area (Å²) in [6.07, 6.45) is 3.30. The van der Waals surface area contributed by atoms with Crippen LogP contribution in [0.5, 0.6) is 5.75 Å². The first-order chi connectivity index (χ1) is 13.8. The number of anilines is 2. The molecule has 1 aromatic heterocycles. The van der Waals surface area contributed by atoms with Gasteiger partial charge >= 0.3 is 0 Å². The van der Waals surface area contributed by atoms with Gasteiger partial charge in [-0.05, 0) is 37.5 Å². The van der Waals surface area contributed by atoms with Crippen molar-refractivity contribution in [1.29, 1.82) is 0 Å². The topological polar surface area (TPSA) is 101 Å². The fourth-order valence-electron chi connectivity index (χ4n) is 2.97. The van der Waals surface area contributed by atoms with Crippen LogP contribution < -0.4 is 19.3 Å². The van der Waals surface area contributed by atoms with Crippen LogP contribution in [0.15, 0.2) is 23.1 Å². The molecule has 2 aromatic rings. The van der Waals surface area contributed by atoms with E-state index in [0.717, 1.165) is 32.0 Å². The van der Waals surface area contributed by atoms with E-state index < -0.39 is 15.8 Å². The fourth-order valence-corrected chi connectivity index (χ4v) is 3.96. The van der Waals surface area contributed by atoms with Gasteiger partial charge in [0.25, 0.3) is 0 Å². The molecule has 0 spiro atoms. The van der Waals surface area contributed by atoms with Crippen molar-refractivity contribution in [3.05, 3.63) is 29.8 Å². The van der Waals surface area contributed by atoms with Crippen molar-refractivity contribution >= 4 is 21.9 Å². The molecule has 1 aromatic carbocycles. The van der Waals surface area contributed by atoms with Crippen LogP contribution in [0.2, 0.25) is 0 Å². The standard InChI is InChI=1S/C18H25FN6O3S/c1-24(2)17-21-16(22-18(23-17)25-9-5-4-6-10-25)12-20-29(26,27)13-7-8-15(28-3)14(19)11-13/h7-8,11,20H,4-6,9-10,12H2,1-3H3. The Morgan fingerprint density at radius 2 is 1.90 bits per heavy atom. The predicted molar refractivity (Wildman–Crippen MR) is 107 cm³/mol. The van der Waals surface area contributed by atoms with Crippen molar-refractivity contribution in [3.63, 3.8) is 0 Å². The van der Waals surface area contributed by atoms with Crippen LogP contribution >= 0.6 is 0 Å². The van der Waals surface area contributed by atoms with Crippen molar-refractivity contribution in [2.24, 2.45) is 0 Å². The average Bonchev–Trinajstić information content (AvgIpc) is 2.72. The van der Waals surface area contributed by atoms with Crippen LogP contribution in [-0.2, 0) is 16.6 Å². The predicted octanol–water partition coefficient (Wildman–Crippen LogP) is 1.55. The molecular formula is C18H25FN6O3S. The molecule has 0 atom stereocenters. The lowest BCUT2D eigenvalue weighted by Crippen LogP contribution is -2.33. The molecule has 0 radical (unpaired) electrons. The number of piperidine rings is 1. The third-order valence-corrected chi connectivity index (χ3v) is 5.95. The Kier molecular flexibility index (Phi) is 6.48. The molecule has 11 heteroatoms. The summed E-state index contributed by atoms with van der Waals surface area (Å²) >= 11 is 0. The van der Waals surface area contributed by atoms with Gasteiger partial charge in [0.2, 0.25) is 21.9 Å². The lowest BCUT2D eigenvalue weighted by Gasteiger charge is -2.27. The number of nitrogens with zero attached hydrogens (tertiary/aromatic N) is 5. The molecule has 2 heterocycles. The molecule has 9 nitrogen and oxygen atoms in total. The number of ether oxygens (including phenoxy) is 1. The van der Waals surface area contributed by atoms with Gasteiger partial charge in [-0.25, -0.2) is 17.5 Å². The van der Waals surface area contributed by atoms with Gasteiger partial charge in [0.1, 0.15) is 0 Å². The van der Waals surface area contributed by atoms with Gasteiger partial charge in [0.05, 0.1) is 18.6 Å². The lowest BCUT2D eigenvalue weighted by atomic mass is 10.1. The minimum Gasteiger partial charge on any atom is -0.494 e. The molecule has 1 N–H and O–H groups in total. The minimum absolute atomic E-state index is 0.0248. The van der Waals surface area contributed by atoms with Gasteiger partial charge in [0.15, 0.2) is 17.4 Å². The molecule has 1 saturated heterocycles. The number of sulfonamides is 1. The molecular weight excluding hydrogens is 399 g/mol. The van der Waals surface area contributed by atoms with E-state index >= 15 is 0 Å². The van der Waals surface area contributed by atoms with Crippen molar-refractivity contribution in [2.75, 3.05) is 44.1 Å². The summed E-state index contributed by atoms with van der Waals surface area (Å²) in [6.45, 7) is 1.57. The second kappa shape index (κ2) is 8.87. The maximum Gasteiger partial charge on any atom is 0.241 e. The highest BCUT2D eigenvalue weighted by molar-refractivity contribution is 7.89. The maximum atomic E-state index is 13.9. The highest BCUT2D eigenvalue weighted by atomic mass is 32.2. The van der Waals surface area contributed by atoms with Crippen molar-refractivity contribution < 1.29 is 17.5 Å². The quantitative estimate of drug-likeness (QED) is 0.715. The van der Waals surface area contributed by atoms with Crippen LogP contribution in [0.1, 0.15) is 25.1 Å². The molecule has 1 fully saturated rings. The van der Waals surface area contributed by atoms with Crippen LogP contribution in [-0.4, -0.2) is 57.7 Å². The third kappa shape index (κ3) is 5.10. The van der Waals surface area contributed by atoms with Gasteiger partial charge in [0, 0.05) is 27.2 Å². The number of nitrogens with one attached hydrogen (secondary N) is 1. The summed E-state index contributed by atoms with van der Waals surface area (Å²) in [4.78, 5) is 16.9. The summed E-state index contributed by atoms with van der Waals surface area (Å²) in [5.74, 6) is 0.501. The van der Waals surface area contributed by atoms with Crippen LogP contribution in [0.25, 0.3) is 0 Å². The summed E-state index contributed by atoms with van der Waals surface area (Å²) in [7, 11) is 0.981. The van der Waals surface area contributed by atoms with E-state index in [1.54, 1.807) is 4.90 Å². The van der Waals surface area contributed by atoms with E-state index in [4.69, 9.17) is 4.74 Å². The van der Waals surface area contributed by atoms with E-state index in [1.165, 1.54) is 25.7 Å². The Morgan fingerprint density at radius 3 is 2.52 bits per heavy atom. The Hall–Kier alpha value is -2.53. The SMILES string of the molecule is COc1ccc(S(=O)(=O)NCc2nc(N(C)C)nc(N3CCCCC3)n2)cc1F. The zero-order chi connectivity index (χ0) is 21.0. The molecule has 0 saturated carbocycles. The number of hydrogen-bond donors (Lipinski definition) is 1. The number of benzene rings is 1. The van der Waals surface area contributed by atoms with Crippen molar-refractivity contribution in [3.8, 4) is 5.75 Å². The van der Waals surface area contributed by atoms with E-state index in [1.807, 2.05) is 14.1 Å². The number of aromatic nitrogens is 3. The molecule has 158 valence electrons. The first kappa shape index (κ1) is 21.2. The highest BCUT2D eigenvalue weighted by Gasteiger charge is 2.20. The summed E-state index contributed by atoms with van der Waals surface area (Å²) < 4.78 is 46.2. The first-order valence-corrected chi connectivity index (χ1v) is 10.8. The zero-order valence-electron chi connectivity index (χ0n) is 16.7. The number of rotatable bonds is 7. The Balaban J connectivity index is 1.81. The Labute approximate surface area is 170 Å². The first-order valence-electron chi connectivity index (χ1n) is 9.30. The number of hydrogen-bond acceptors (Lipinski definition) is 8. The smallest absolute Gasteiger partial charge is 0.241 e. The molecule has 1 aliphatic rings. The molecule has 0 bridgehead atoms. The maximum absolute atomic E-state index is 13.9. The third-order valence-electron chi connectivity index (χ3n) is 4.55. The average molecular weight is 425 g/mol. The molecule has 0 aliphatic carbocycles. The van der Waals surface area contributed by atoms with Crippen molar-refractivity contribution in [1.82, 2.24) is 19.7 Å². The summed E-state index contributed by atoms with van der Waals surface area (Å²) in [5.41, 5.74) is 0. The Bertz CT molecular complexity index is 964. The second-order valence-electron chi connectivity index (χ2n) is 6.91. The normalized spacial score (nSPS) is 14.7. The van der Waals surface area contributed by atoms with Crippen LogP contribution in [0.4, 0.5) is 16.3 Å². The van der Waals surface area contributed by atoms with E-state index in [-0.39, 0.29) is 17.2 Å². The molecule has 29 heavy (non-hydrogen) atoms. The summed E-state index contributed by atoms with van der Waals surface area (Å²) in [6, 6.07) is 3.46. The fraction of sp³-hybridized carbons (Fsp3) is 0.500. The number of halogens is 1. The highest BCUT2D eigenvalue weighted by Crippen LogP contribution is 2.21. The van der Waals surface area contributed by atoms with Gasteiger partial charge in [-0.15, -0.1) is 0 Å². The van der Waals surface area contributed by atoms with Gasteiger partial charge in [-0.2, -0.15) is 15.0 Å². The summed E-state index contributed by atoms with van der Waals surface area (Å²) in [5, 5.41) is 0. The van der Waals surface area contributed by atoms with Crippen molar-refractivity contribution in [2.45, 2.75) is 30.7 Å². The van der Waals surface area contributed by atoms with Gasteiger partial charge < -0.3 is 14.5 Å². The Morgan fingerprint density at radius 1 is 1.17 bits per heavy atom. The lowest BCUT2D eigenvalue weighted by molar-refractivity contribution is 0.385. The van der Waals surface area contributed by atoms with Gasteiger partial charge in [-0.1, -0.05) is 0 Å². The molecule has 0 amide bonds. The minimum atomic E-state index is -3.95. The molecule has 3 rings (SSSR count). The van der Waals surface area contributed by atoms with Crippen LogP contribution in [0, 0.1) is 5.82 Å². The van der Waals surface area contributed by atoms with Crippen LogP contribution in [0.3, 0.4) is 0 Å². The molecule has 1 aliphatic heterocycles. The molecule has 0 unspecified atom stereocenters. The second-order valence-corrected chi connectivity index (χ2v) is 8.68. The zero-order valence-corrected chi connectivity index (χ0v) is 17.5. The van der Waals surface area contributed by atoms with Gasteiger partial charge in [-0.3, -0.25) is 0 Å². The number of methoxy groups -OCH3 is 1. The van der Waals surface area contributed by atoms with E-state index in [9.17, 15) is 12.8 Å². The monoisotopic (exact) mass is 424 g/mol.